The Labute approximate surface area is 144 Å². The van der Waals surface area contributed by atoms with Gasteiger partial charge in [-0.25, -0.2) is 9.78 Å². The highest BCUT2D eigenvalue weighted by Crippen LogP contribution is 2.26. The quantitative estimate of drug-likeness (QED) is 0.850. The molecule has 3 rings (SSSR count). The second kappa shape index (κ2) is 7.46. The molecule has 1 saturated heterocycles. The molecule has 0 saturated carbocycles. The molecule has 1 aliphatic rings. The van der Waals surface area contributed by atoms with Gasteiger partial charge in [-0.05, 0) is 24.3 Å². The molecule has 2 aromatic rings. The van der Waals surface area contributed by atoms with Crippen LogP contribution in [0.5, 0.6) is 0 Å². The fourth-order valence-corrected chi connectivity index (χ4v) is 2.53. The summed E-state index contributed by atoms with van der Waals surface area (Å²) in [6.45, 7) is 2.93. The van der Waals surface area contributed by atoms with E-state index in [1.54, 1.807) is 24.4 Å². The Morgan fingerprint density at radius 1 is 1.33 bits per heavy atom. The van der Waals surface area contributed by atoms with Gasteiger partial charge < -0.3 is 19.7 Å². The van der Waals surface area contributed by atoms with Gasteiger partial charge in [0.05, 0.1) is 36.6 Å². The zero-order valence-electron chi connectivity index (χ0n) is 13.2. The van der Waals surface area contributed by atoms with Crippen molar-refractivity contribution in [2.24, 2.45) is 0 Å². The summed E-state index contributed by atoms with van der Waals surface area (Å²) < 4.78 is 10.1. The fraction of sp³-hybridized carbons (Fsp3) is 0.312. The number of aromatic nitrogens is 2. The predicted molar refractivity (Wildman–Crippen MR) is 91.1 cm³/mol. The molecule has 126 valence electrons. The van der Waals surface area contributed by atoms with Gasteiger partial charge >= 0.3 is 5.97 Å². The van der Waals surface area contributed by atoms with Crippen molar-refractivity contribution < 1.29 is 14.3 Å². The molecule has 0 radical (unpaired) electrons. The van der Waals surface area contributed by atoms with Crippen LogP contribution in [-0.4, -0.2) is 49.4 Å². The standard InChI is InChI=1S/C16H17ClN4O3/c1-23-15(22)11-2-3-12(17)13(10-11)19-16-18-5-4-14(20-16)21-6-8-24-9-7-21/h2-5,10H,6-9H2,1H3,(H,18,19,20). The first-order chi connectivity index (χ1) is 11.7. The van der Waals surface area contributed by atoms with Crippen LogP contribution in [0.1, 0.15) is 10.4 Å². The highest BCUT2D eigenvalue weighted by Gasteiger charge is 2.14. The molecule has 0 bridgehead atoms. The molecule has 1 aromatic carbocycles. The third kappa shape index (κ3) is 3.74. The summed E-state index contributed by atoms with van der Waals surface area (Å²) in [5.74, 6) is 0.789. The van der Waals surface area contributed by atoms with Gasteiger partial charge in [0, 0.05) is 19.3 Å². The largest absolute Gasteiger partial charge is 0.465 e. The highest BCUT2D eigenvalue weighted by molar-refractivity contribution is 6.33. The third-order valence-electron chi connectivity index (χ3n) is 3.61. The number of rotatable bonds is 4. The van der Waals surface area contributed by atoms with E-state index in [-0.39, 0.29) is 0 Å². The van der Waals surface area contributed by atoms with Gasteiger partial charge in [0.15, 0.2) is 0 Å². The lowest BCUT2D eigenvalue weighted by atomic mass is 10.2. The van der Waals surface area contributed by atoms with Crippen molar-refractivity contribution in [2.45, 2.75) is 0 Å². The van der Waals surface area contributed by atoms with Crippen LogP contribution in [0.15, 0.2) is 30.5 Å². The summed E-state index contributed by atoms with van der Waals surface area (Å²) in [6, 6.07) is 6.69. The lowest BCUT2D eigenvalue weighted by molar-refractivity contribution is 0.0601. The van der Waals surface area contributed by atoms with E-state index in [9.17, 15) is 4.79 Å². The van der Waals surface area contributed by atoms with Gasteiger partial charge in [0.2, 0.25) is 5.95 Å². The van der Waals surface area contributed by atoms with Crippen molar-refractivity contribution in [3.8, 4) is 0 Å². The van der Waals surface area contributed by atoms with Gasteiger partial charge in [0.1, 0.15) is 5.82 Å². The van der Waals surface area contributed by atoms with Crippen molar-refractivity contribution >= 4 is 35.0 Å². The number of nitrogens with one attached hydrogen (secondary N) is 1. The molecule has 7 nitrogen and oxygen atoms in total. The maximum atomic E-state index is 11.6. The van der Waals surface area contributed by atoms with E-state index >= 15 is 0 Å². The van der Waals surface area contributed by atoms with E-state index in [1.165, 1.54) is 7.11 Å². The number of esters is 1. The third-order valence-corrected chi connectivity index (χ3v) is 3.94. The lowest BCUT2D eigenvalue weighted by Crippen LogP contribution is -2.36. The molecule has 1 N–H and O–H groups in total. The number of hydrogen-bond acceptors (Lipinski definition) is 7. The van der Waals surface area contributed by atoms with Crippen LogP contribution in [0.25, 0.3) is 0 Å². The normalized spacial score (nSPS) is 14.3. The van der Waals surface area contributed by atoms with Gasteiger partial charge in [-0.2, -0.15) is 4.98 Å². The molecule has 0 spiro atoms. The Morgan fingerprint density at radius 2 is 2.12 bits per heavy atom. The predicted octanol–water partition coefficient (Wildman–Crippen LogP) is 2.50. The first kappa shape index (κ1) is 16.5. The number of nitrogens with zero attached hydrogens (tertiary/aromatic N) is 3. The van der Waals surface area contributed by atoms with E-state index in [0.717, 1.165) is 18.9 Å². The fourth-order valence-electron chi connectivity index (χ4n) is 2.36. The monoisotopic (exact) mass is 348 g/mol. The van der Waals surface area contributed by atoms with Crippen LogP contribution in [0, 0.1) is 0 Å². The van der Waals surface area contributed by atoms with Crippen molar-refractivity contribution in [2.75, 3.05) is 43.6 Å². The van der Waals surface area contributed by atoms with Crippen LogP contribution < -0.4 is 10.2 Å². The summed E-state index contributed by atoms with van der Waals surface area (Å²) in [5.41, 5.74) is 0.937. The first-order valence-electron chi connectivity index (χ1n) is 7.48. The molecule has 1 aliphatic heterocycles. The highest BCUT2D eigenvalue weighted by atomic mass is 35.5. The summed E-state index contributed by atoms with van der Waals surface area (Å²) in [5, 5.41) is 3.51. The molecule has 0 atom stereocenters. The second-order valence-electron chi connectivity index (χ2n) is 5.15. The van der Waals surface area contributed by atoms with Crippen LogP contribution >= 0.6 is 11.6 Å². The molecule has 1 aromatic heterocycles. The van der Waals surface area contributed by atoms with Crippen LogP contribution in [-0.2, 0) is 9.47 Å². The van der Waals surface area contributed by atoms with Gasteiger partial charge in [-0.15, -0.1) is 0 Å². The Bertz CT molecular complexity index is 735. The summed E-state index contributed by atoms with van der Waals surface area (Å²) in [6.07, 6.45) is 1.68. The summed E-state index contributed by atoms with van der Waals surface area (Å²) >= 11 is 6.19. The molecular weight excluding hydrogens is 332 g/mol. The molecule has 24 heavy (non-hydrogen) atoms. The number of anilines is 3. The molecule has 0 aliphatic carbocycles. The van der Waals surface area contributed by atoms with Crippen LogP contribution in [0.4, 0.5) is 17.5 Å². The van der Waals surface area contributed by atoms with Crippen LogP contribution in [0.3, 0.4) is 0 Å². The van der Waals surface area contributed by atoms with Gasteiger partial charge in [0.25, 0.3) is 0 Å². The minimum Gasteiger partial charge on any atom is -0.465 e. The van der Waals surface area contributed by atoms with Crippen LogP contribution in [0.2, 0.25) is 5.02 Å². The smallest absolute Gasteiger partial charge is 0.337 e. The van der Waals surface area contributed by atoms with E-state index in [1.807, 2.05) is 6.07 Å². The van der Waals surface area contributed by atoms with Crippen molar-refractivity contribution in [3.63, 3.8) is 0 Å². The van der Waals surface area contributed by atoms with Crippen molar-refractivity contribution in [1.82, 2.24) is 9.97 Å². The molecule has 0 amide bonds. The minimum atomic E-state index is -0.433. The average molecular weight is 349 g/mol. The second-order valence-corrected chi connectivity index (χ2v) is 5.56. The molecular formula is C16H17ClN4O3. The van der Waals surface area contributed by atoms with Gasteiger partial charge in [-0.3, -0.25) is 0 Å². The van der Waals surface area contributed by atoms with E-state index < -0.39 is 5.97 Å². The zero-order valence-corrected chi connectivity index (χ0v) is 13.9. The number of benzene rings is 1. The number of hydrogen-bond donors (Lipinski definition) is 1. The Morgan fingerprint density at radius 3 is 2.88 bits per heavy atom. The average Bonchev–Trinajstić information content (AvgIpc) is 2.64. The Balaban J connectivity index is 1.82. The van der Waals surface area contributed by atoms with Gasteiger partial charge in [-0.1, -0.05) is 11.6 Å². The number of ether oxygens (including phenoxy) is 2. The number of carbonyl (C=O) groups is 1. The summed E-state index contributed by atoms with van der Waals surface area (Å²) in [4.78, 5) is 22.5. The molecule has 1 fully saturated rings. The Hall–Kier alpha value is -2.38. The molecule has 8 heteroatoms. The number of morpholine rings is 1. The number of halogens is 1. The first-order valence-corrected chi connectivity index (χ1v) is 7.86. The topological polar surface area (TPSA) is 76.6 Å². The van der Waals surface area contributed by atoms with Crippen molar-refractivity contribution in [3.05, 3.63) is 41.0 Å². The Kier molecular flexibility index (Phi) is 5.12. The SMILES string of the molecule is COC(=O)c1ccc(Cl)c(Nc2nccc(N3CCOCC3)n2)c1. The lowest BCUT2D eigenvalue weighted by Gasteiger charge is -2.27. The van der Waals surface area contributed by atoms with E-state index in [4.69, 9.17) is 21.1 Å². The van der Waals surface area contributed by atoms with E-state index in [0.29, 0.717) is 35.4 Å². The maximum absolute atomic E-state index is 11.6. The number of carbonyl (C=O) groups excluding carboxylic acids is 1. The van der Waals surface area contributed by atoms with E-state index in [2.05, 4.69) is 20.2 Å². The number of methoxy groups -OCH3 is 1. The molecule has 0 unspecified atom stereocenters. The minimum absolute atomic E-state index is 0.397. The summed E-state index contributed by atoms with van der Waals surface area (Å²) in [7, 11) is 1.33. The maximum Gasteiger partial charge on any atom is 0.337 e. The van der Waals surface area contributed by atoms with Crippen molar-refractivity contribution in [1.29, 1.82) is 0 Å². The molecule has 2 heterocycles. The zero-order chi connectivity index (χ0) is 16.9.